The number of likely N-dealkylation sites (N-methyl/N-ethyl adjacent to an activating group) is 2. The van der Waals surface area contributed by atoms with Crippen LogP contribution in [0.15, 0.2) is 0 Å². The van der Waals surface area contributed by atoms with Crippen LogP contribution in [0.2, 0.25) is 0 Å². The molecule has 10 nitrogen and oxygen atoms in total. The molecule has 0 saturated carbocycles. The van der Waals surface area contributed by atoms with Gasteiger partial charge in [-0.2, -0.15) is 0 Å². The van der Waals surface area contributed by atoms with Crippen LogP contribution in [0.5, 0.6) is 0 Å². The smallest absolute Gasteiger partial charge is 0.0110 e. The number of nitrogens with zero attached hydrogens (tertiary/aromatic N) is 3. The van der Waals surface area contributed by atoms with Crippen LogP contribution in [0.3, 0.4) is 0 Å². The van der Waals surface area contributed by atoms with E-state index in [-0.39, 0.29) is 0 Å². The fourth-order valence-electron chi connectivity index (χ4n) is 4.17. The molecule has 0 bridgehead atoms. The first kappa shape index (κ1) is 33.6. The van der Waals surface area contributed by atoms with Gasteiger partial charge in [0.05, 0.1) is 0 Å². The van der Waals surface area contributed by atoms with E-state index < -0.39 is 0 Å². The van der Waals surface area contributed by atoms with Gasteiger partial charge in [-0.1, -0.05) is 6.92 Å². The van der Waals surface area contributed by atoms with Crippen LogP contribution in [-0.4, -0.2) is 140 Å². The Balaban J connectivity index is 4.84. The monoisotopic (exact) mass is 489 g/mol. The Hall–Kier alpha value is -0.400. The van der Waals surface area contributed by atoms with Crippen LogP contribution >= 0.6 is 0 Å². The molecule has 34 heavy (non-hydrogen) atoms. The van der Waals surface area contributed by atoms with Crippen LogP contribution in [0.25, 0.3) is 0 Å². The summed E-state index contributed by atoms with van der Waals surface area (Å²) in [4.78, 5) is 7.66. The number of nitrogens with two attached hydrogens (primary N) is 4. The fourth-order valence-corrected chi connectivity index (χ4v) is 4.17. The standard InChI is InChI=1S/C24H60N10/c1-3-30-13-18-33(16-10-28)21-23-34(19-14-31-11-9-27)22-20-32(17-12-29-2)15-6-24(4-7-25)5-8-26/h24,29-31H,3-23,25-28H2,1-2H3. The molecule has 206 valence electrons. The lowest BCUT2D eigenvalue weighted by Crippen LogP contribution is -2.45. The summed E-state index contributed by atoms with van der Waals surface area (Å²) in [5.74, 6) is 0.630. The predicted octanol–water partition coefficient (Wildman–Crippen LogP) is -2.07. The molecule has 0 aromatic heterocycles. The van der Waals surface area contributed by atoms with Gasteiger partial charge in [0.2, 0.25) is 0 Å². The summed E-state index contributed by atoms with van der Waals surface area (Å²) in [5.41, 5.74) is 23.2. The van der Waals surface area contributed by atoms with E-state index in [1.54, 1.807) is 0 Å². The third kappa shape index (κ3) is 19.9. The first-order valence-corrected chi connectivity index (χ1v) is 13.7. The highest BCUT2D eigenvalue weighted by Crippen LogP contribution is 2.12. The molecule has 0 amide bonds. The third-order valence-corrected chi connectivity index (χ3v) is 6.37. The second kappa shape index (κ2) is 25.7. The molecule has 0 fully saturated rings. The normalized spacial score (nSPS) is 12.2. The zero-order chi connectivity index (χ0) is 25.3. The number of hydrogen-bond acceptors (Lipinski definition) is 10. The highest BCUT2D eigenvalue weighted by Gasteiger charge is 2.14. The number of hydrogen-bond donors (Lipinski definition) is 7. The Labute approximate surface area is 210 Å². The molecular formula is C24H60N10. The topological polar surface area (TPSA) is 150 Å². The van der Waals surface area contributed by atoms with Crippen molar-refractivity contribution >= 4 is 0 Å². The minimum Gasteiger partial charge on any atom is -0.330 e. The molecule has 0 aliphatic carbocycles. The zero-order valence-electron chi connectivity index (χ0n) is 22.6. The molecule has 11 N–H and O–H groups in total. The van der Waals surface area contributed by atoms with Gasteiger partial charge in [-0.15, -0.1) is 0 Å². The Morgan fingerprint density at radius 1 is 0.529 bits per heavy atom. The lowest BCUT2D eigenvalue weighted by molar-refractivity contribution is 0.172. The maximum Gasteiger partial charge on any atom is 0.0110 e. The predicted molar refractivity (Wildman–Crippen MR) is 148 cm³/mol. The van der Waals surface area contributed by atoms with Crippen molar-refractivity contribution in [2.24, 2.45) is 28.9 Å². The molecule has 10 heteroatoms. The van der Waals surface area contributed by atoms with E-state index in [1.165, 1.54) is 6.42 Å². The van der Waals surface area contributed by atoms with Crippen molar-refractivity contribution in [1.29, 1.82) is 0 Å². The maximum absolute atomic E-state index is 5.87. The Bertz CT molecular complexity index is 396. The van der Waals surface area contributed by atoms with Crippen molar-refractivity contribution < 1.29 is 0 Å². The zero-order valence-corrected chi connectivity index (χ0v) is 22.6. The quantitative estimate of drug-likeness (QED) is 0.0643. The highest BCUT2D eigenvalue weighted by atomic mass is 15.2. The molecule has 0 rings (SSSR count). The summed E-state index contributed by atoms with van der Waals surface area (Å²) in [5, 5.41) is 10.2. The average Bonchev–Trinajstić information content (AvgIpc) is 2.84. The van der Waals surface area contributed by atoms with E-state index in [2.05, 4.69) is 37.6 Å². The first-order chi connectivity index (χ1) is 16.6. The second-order valence-electron chi connectivity index (χ2n) is 9.12. The summed E-state index contributed by atoms with van der Waals surface area (Å²) in [6, 6.07) is 0. The summed E-state index contributed by atoms with van der Waals surface area (Å²) < 4.78 is 0. The van der Waals surface area contributed by atoms with Gasteiger partial charge in [0, 0.05) is 91.6 Å². The highest BCUT2D eigenvalue weighted by molar-refractivity contribution is 4.71. The van der Waals surface area contributed by atoms with E-state index in [9.17, 15) is 0 Å². The molecule has 0 saturated heterocycles. The fraction of sp³-hybridized carbons (Fsp3) is 1.00. The van der Waals surface area contributed by atoms with Crippen molar-refractivity contribution in [2.75, 3.05) is 125 Å². The molecule has 0 atom stereocenters. The van der Waals surface area contributed by atoms with E-state index in [1.807, 2.05) is 7.05 Å². The summed E-state index contributed by atoms with van der Waals surface area (Å²) in [6.07, 6.45) is 3.31. The molecule has 0 heterocycles. The van der Waals surface area contributed by atoms with Crippen LogP contribution < -0.4 is 38.9 Å². The summed E-state index contributed by atoms with van der Waals surface area (Å²) in [6.45, 7) is 19.3. The molecule has 0 aliphatic rings. The summed E-state index contributed by atoms with van der Waals surface area (Å²) >= 11 is 0. The van der Waals surface area contributed by atoms with Crippen LogP contribution in [-0.2, 0) is 0 Å². The van der Waals surface area contributed by atoms with Crippen LogP contribution in [0.1, 0.15) is 26.2 Å². The SMILES string of the molecule is CCNCCN(CCN)CCN(CCNCCN)CCN(CCNC)CCC(CCN)CCN. The molecule has 0 spiro atoms. The third-order valence-electron chi connectivity index (χ3n) is 6.37. The van der Waals surface area contributed by atoms with Crippen molar-refractivity contribution in [3.63, 3.8) is 0 Å². The van der Waals surface area contributed by atoms with E-state index >= 15 is 0 Å². The first-order valence-electron chi connectivity index (χ1n) is 13.7. The summed E-state index contributed by atoms with van der Waals surface area (Å²) in [7, 11) is 2.03. The van der Waals surface area contributed by atoms with E-state index in [0.29, 0.717) is 19.0 Å². The lowest BCUT2D eigenvalue weighted by atomic mass is 9.97. The van der Waals surface area contributed by atoms with Gasteiger partial charge in [0.25, 0.3) is 0 Å². The molecular weight excluding hydrogens is 428 g/mol. The van der Waals surface area contributed by atoms with Crippen molar-refractivity contribution in [3.8, 4) is 0 Å². The Morgan fingerprint density at radius 3 is 1.56 bits per heavy atom. The van der Waals surface area contributed by atoms with Crippen molar-refractivity contribution in [1.82, 2.24) is 30.7 Å². The van der Waals surface area contributed by atoms with E-state index in [4.69, 9.17) is 22.9 Å². The van der Waals surface area contributed by atoms with Gasteiger partial charge in [-0.05, 0) is 58.4 Å². The largest absolute Gasteiger partial charge is 0.330 e. The van der Waals surface area contributed by atoms with Gasteiger partial charge < -0.3 is 43.8 Å². The molecule has 0 unspecified atom stereocenters. The average molecular weight is 489 g/mol. The van der Waals surface area contributed by atoms with Crippen molar-refractivity contribution in [2.45, 2.75) is 26.2 Å². The van der Waals surface area contributed by atoms with Crippen LogP contribution in [0.4, 0.5) is 0 Å². The van der Waals surface area contributed by atoms with Crippen molar-refractivity contribution in [3.05, 3.63) is 0 Å². The number of rotatable bonds is 27. The molecule has 0 aliphatic heterocycles. The Morgan fingerprint density at radius 2 is 1.06 bits per heavy atom. The van der Waals surface area contributed by atoms with Gasteiger partial charge >= 0.3 is 0 Å². The van der Waals surface area contributed by atoms with Gasteiger partial charge in [-0.3, -0.25) is 9.80 Å². The minimum absolute atomic E-state index is 0.630. The number of nitrogens with one attached hydrogen (secondary N) is 3. The van der Waals surface area contributed by atoms with Gasteiger partial charge in [0.1, 0.15) is 0 Å². The van der Waals surface area contributed by atoms with Crippen LogP contribution in [0, 0.1) is 5.92 Å². The Kier molecular flexibility index (Phi) is 25.4. The second-order valence-corrected chi connectivity index (χ2v) is 9.12. The van der Waals surface area contributed by atoms with E-state index in [0.717, 1.165) is 118 Å². The van der Waals surface area contributed by atoms with Gasteiger partial charge in [-0.25, -0.2) is 0 Å². The minimum atomic E-state index is 0.630. The molecule has 0 aromatic rings. The van der Waals surface area contributed by atoms with Gasteiger partial charge in [0.15, 0.2) is 0 Å². The molecule has 0 radical (unpaired) electrons. The maximum atomic E-state index is 5.87. The molecule has 0 aromatic carbocycles. The lowest BCUT2D eigenvalue weighted by Gasteiger charge is -2.31.